The molecule has 1 aliphatic rings. The third-order valence-electron chi connectivity index (χ3n) is 3.63. The van der Waals surface area contributed by atoms with Gasteiger partial charge in [-0.1, -0.05) is 20.8 Å². The van der Waals surface area contributed by atoms with Gasteiger partial charge in [0, 0.05) is 13.1 Å². The van der Waals surface area contributed by atoms with Crippen LogP contribution < -0.4 is 0 Å². The highest BCUT2D eigenvalue weighted by Gasteiger charge is 2.34. The standard InChI is InChI=1S/C12H25NO2S/c1-10(2)16(14,15)13-8-6-11(7-9-13)12(3,4)5/h10-11H,6-9H2,1-5H3. The molecule has 1 saturated heterocycles. The van der Waals surface area contributed by atoms with Gasteiger partial charge in [-0.25, -0.2) is 12.7 Å². The molecule has 1 rings (SSSR count). The predicted octanol–water partition coefficient (Wildman–Crippen LogP) is 2.48. The van der Waals surface area contributed by atoms with E-state index in [-0.39, 0.29) is 5.25 Å². The molecule has 0 spiro atoms. The van der Waals surface area contributed by atoms with Crippen molar-refractivity contribution < 1.29 is 8.42 Å². The van der Waals surface area contributed by atoms with Crippen LogP contribution >= 0.6 is 0 Å². The number of nitrogens with zero attached hydrogens (tertiary/aromatic N) is 1. The first-order valence-electron chi connectivity index (χ1n) is 6.14. The van der Waals surface area contributed by atoms with Crippen LogP contribution in [0.3, 0.4) is 0 Å². The first-order chi connectivity index (χ1) is 7.15. The van der Waals surface area contributed by atoms with E-state index < -0.39 is 10.0 Å². The molecule has 0 atom stereocenters. The number of hydrogen-bond donors (Lipinski definition) is 0. The summed E-state index contributed by atoms with van der Waals surface area (Å²) in [5.41, 5.74) is 0.299. The molecule has 96 valence electrons. The van der Waals surface area contributed by atoms with E-state index in [1.165, 1.54) is 0 Å². The Morgan fingerprint density at radius 2 is 1.56 bits per heavy atom. The molecular formula is C12H25NO2S. The quantitative estimate of drug-likeness (QED) is 0.752. The highest BCUT2D eigenvalue weighted by atomic mass is 32.2. The molecule has 0 unspecified atom stereocenters. The summed E-state index contributed by atoms with van der Waals surface area (Å²) in [4.78, 5) is 0. The molecule has 0 bridgehead atoms. The Bertz CT molecular complexity index is 319. The molecule has 0 aliphatic carbocycles. The zero-order valence-corrected chi connectivity index (χ0v) is 12.0. The normalized spacial score (nSPS) is 21.6. The van der Waals surface area contributed by atoms with E-state index in [2.05, 4.69) is 20.8 Å². The fourth-order valence-corrected chi connectivity index (χ4v) is 3.59. The Morgan fingerprint density at radius 1 is 1.12 bits per heavy atom. The van der Waals surface area contributed by atoms with E-state index in [0.717, 1.165) is 12.8 Å². The zero-order valence-electron chi connectivity index (χ0n) is 11.2. The lowest BCUT2D eigenvalue weighted by atomic mass is 9.76. The average molecular weight is 247 g/mol. The van der Waals surface area contributed by atoms with E-state index in [9.17, 15) is 8.42 Å². The summed E-state index contributed by atoms with van der Waals surface area (Å²) in [5.74, 6) is 0.645. The van der Waals surface area contributed by atoms with Crippen molar-refractivity contribution in [2.45, 2.75) is 52.7 Å². The minimum Gasteiger partial charge on any atom is -0.212 e. The maximum absolute atomic E-state index is 12.0. The maximum atomic E-state index is 12.0. The molecule has 0 aromatic carbocycles. The van der Waals surface area contributed by atoms with Crippen LogP contribution in [-0.4, -0.2) is 31.1 Å². The Balaban J connectivity index is 2.63. The van der Waals surface area contributed by atoms with Crippen LogP contribution in [0.5, 0.6) is 0 Å². The van der Waals surface area contributed by atoms with E-state index >= 15 is 0 Å². The van der Waals surface area contributed by atoms with Crippen molar-refractivity contribution in [1.29, 1.82) is 0 Å². The summed E-state index contributed by atoms with van der Waals surface area (Å²) in [6, 6.07) is 0. The van der Waals surface area contributed by atoms with Gasteiger partial charge in [-0.3, -0.25) is 0 Å². The third kappa shape index (κ3) is 2.98. The number of hydrogen-bond acceptors (Lipinski definition) is 2. The lowest BCUT2D eigenvalue weighted by Crippen LogP contribution is -2.43. The van der Waals surface area contributed by atoms with Crippen LogP contribution in [0.4, 0.5) is 0 Å². The summed E-state index contributed by atoms with van der Waals surface area (Å²) in [6.45, 7) is 11.6. The minimum absolute atomic E-state index is 0.293. The van der Waals surface area contributed by atoms with Crippen molar-refractivity contribution in [3.8, 4) is 0 Å². The van der Waals surface area contributed by atoms with Crippen molar-refractivity contribution in [3.05, 3.63) is 0 Å². The van der Waals surface area contributed by atoms with Crippen LogP contribution in [0, 0.1) is 11.3 Å². The van der Waals surface area contributed by atoms with Gasteiger partial charge in [-0.15, -0.1) is 0 Å². The molecule has 0 N–H and O–H groups in total. The predicted molar refractivity (Wildman–Crippen MR) is 67.8 cm³/mol. The molecule has 0 amide bonds. The van der Waals surface area contributed by atoms with Crippen molar-refractivity contribution >= 4 is 10.0 Å². The van der Waals surface area contributed by atoms with Gasteiger partial charge in [-0.2, -0.15) is 0 Å². The molecule has 3 nitrogen and oxygen atoms in total. The van der Waals surface area contributed by atoms with Gasteiger partial charge >= 0.3 is 0 Å². The topological polar surface area (TPSA) is 37.4 Å². The van der Waals surface area contributed by atoms with E-state index in [1.807, 2.05) is 0 Å². The molecule has 1 fully saturated rings. The first kappa shape index (κ1) is 14.0. The van der Waals surface area contributed by atoms with Gasteiger partial charge in [0.2, 0.25) is 10.0 Å². The molecular weight excluding hydrogens is 222 g/mol. The number of sulfonamides is 1. The maximum Gasteiger partial charge on any atom is 0.216 e. The summed E-state index contributed by atoms with van der Waals surface area (Å²) in [6.07, 6.45) is 1.99. The Labute approximate surface area is 100 Å². The van der Waals surface area contributed by atoms with Crippen LogP contribution in [0.25, 0.3) is 0 Å². The Hall–Kier alpha value is -0.0900. The van der Waals surface area contributed by atoms with Gasteiger partial charge in [0.25, 0.3) is 0 Å². The van der Waals surface area contributed by atoms with Crippen LogP contribution in [0.1, 0.15) is 47.5 Å². The smallest absolute Gasteiger partial charge is 0.212 e. The largest absolute Gasteiger partial charge is 0.216 e. The molecule has 0 radical (unpaired) electrons. The monoisotopic (exact) mass is 247 g/mol. The fourth-order valence-electron chi connectivity index (χ4n) is 2.27. The SMILES string of the molecule is CC(C)S(=O)(=O)N1CCC(C(C)(C)C)CC1. The summed E-state index contributed by atoms with van der Waals surface area (Å²) < 4.78 is 25.6. The number of rotatable bonds is 2. The van der Waals surface area contributed by atoms with Crippen molar-refractivity contribution in [2.75, 3.05) is 13.1 Å². The second-order valence-corrected chi connectivity index (χ2v) is 8.62. The first-order valence-corrected chi connectivity index (χ1v) is 7.65. The molecule has 1 heterocycles. The zero-order chi connectivity index (χ0) is 12.6. The molecule has 16 heavy (non-hydrogen) atoms. The molecule has 0 aromatic heterocycles. The van der Waals surface area contributed by atoms with Crippen LogP contribution in [-0.2, 0) is 10.0 Å². The average Bonchev–Trinajstić information content (AvgIpc) is 2.16. The second kappa shape index (κ2) is 4.65. The lowest BCUT2D eigenvalue weighted by molar-refractivity contribution is 0.153. The van der Waals surface area contributed by atoms with Crippen molar-refractivity contribution in [1.82, 2.24) is 4.31 Å². The highest BCUT2D eigenvalue weighted by Crippen LogP contribution is 2.35. The van der Waals surface area contributed by atoms with Gasteiger partial charge in [-0.05, 0) is 38.0 Å². The van der Waals surface area contributed by atoms with E-state index in [4.69, 9.17) is 0 Å². The molecule has 0 aromatic rings. The molecule has 0 saturated carbocycles. The van der Waals surface area contributed by atoms with Gasteiger partial charge in [0.1, 0.15) is 0 Å². The molecule has 1 aliphatic heterocycles. The number of piperidine rings is 1. The Morgan fingerprint density at radius 3 is 1.88 bits per heavy atom. The minimum atomic E-state index is -3.04. The van der Waals surface area contributed by atoms with Crippen LogP contribution in [0.2, 0.25) is 0 Å². The van der Waals surface area contributed by atoms with E-state index in [0.29, 0.717) is 24.4 Å². The summed E-state index contributed by atoms with van der Waals surface area (Å²) >= 11 is 0. The third-order valence-corrected chi connectivity index (χ3v) is 5.91. The van der Waals surface area contributed by atoms with Crippen LogP contribution in [0.15, 0.2) is 0 Å². The lowest BCUT2D eigenvalue weighted by Gasteiger charge is -2.38. The highest BCUT2D eigenvalue weighted by molar-refractivity contribution is 7.89. The van der Waals surface area contributed by atoms with Crippen molar-refractivity contribution in [3.63, 3.8) is 0 Å². The van der Waals surface area contributed by atoms with Gasteiger partial charge in [0.15, 0.2) is 0 Å². The second-order valence-electron chi connectivity index (χ2n) is 6.13. The molecule has 4 heteroatoms. The fraction of sp³-hybridized carbons (Fsp3) is 1.00. The van der Waals surface area contributed by atoms with E-state index in [1.54, 1.807) is 18.2 Å². The van der Waals surface area contributed by atoms with Gasteiger partial charge < -0.3 is 0 Å². The summed E-state index contributed by atoms with van der Waals surface area (Å²) in [7, 11) is -3.04. The van der Waals surface area contributed by atoms with Crippen molar-refractivity contribution in [2.24, 2.45) is 11.3 Å². The van der Waals surface area contributed by atoms with Gasteiger partial charge in [0.05, 0.1) is 5.25 Å². The Kier molecular flexibility index (Phi) is 4.06. The summed E-state index contributed by atoms with van der Waals surface area (Å²) in [5, 5.41) is -0.293.